The third-order valence-electron chi connectivity index (χ3n) is 2.93. The first-order chi connectivity index (χ1) is 9.60. The van der Waals surface area contributed by atoms with E-state index in [4.69, 9.17) is 25.8 Å². The van der Waals surface area contributed by atoms with Crippen molar-refractivity contribution >= 4 is 23.4 Å². The highest BCUT2D eigenvalue weighted by Gasteiger charge is 2.29. The van der Waals surface area contributed by atoms with Crippen LogP contribution in [-0.2, 0) is 16.0 Å². The molecular weight excluding hydrogens is 284 g/mol. The predicted molar refractivity (Wildman–Crippen MR) is 72.8 cm³/mol. The van der Waals surface area contributed by atoms with E-state index in [1.807, 2.05) is 6.92 Å². The van der Waals surface area contributed by atoms with Gasteiger partial charge in [0, 0.05) is 11.6 Å². The Labute approximate surface area is 121 Å². The molecule has 0 N–H and O–H groups in total. The van der Waals surface area contributed by atoms with E-state index >= 15 is 0 Å². The van der Waals surface area contributed by atoms with Gasteiger partial charge < -0.3 is 14.2 Å². The smallest absolute Gasteiger partial charge is 0.379 e. The van der Waals surface area contributed by atoms with Crippen molar-refractivity contribution in [3.05, 3.63) is 22.2 Å². The highest BCUT2D eigenvalue weighted by atomic mass is 35.5. The number of ether oxygens (including phenoxy) is 3. The number of esters is 1. The van der Waals surface area contributed by atoms with Crippen LogP contribution in [-0.4, -0.2) is 31.6 Å². The maximum atomic E-state index is 12.2. The monoisotopic (exact) mass is 298 g/mol. The third kappa shape index (κ3) is 2.58. The molecule has 0 amide bonds. The van der Waals surface area contributed by atoms with E-state index in [-0.39, 0.29) is 17.2 Å². The van der Waals surface area contributed by atoms with Gasteiger partial charge in [0.15, 0.2) is 11.5 Å². The minimum atomic E-state index is -0.916. The molecule has 1 aromatic rings. The molecule has 0 unspecified atom stereocenters. The quantitative estimate of drug-likeness (QED) is 0.485. The van der Waals surface area contributed by atoms with E-state index in [1.165, 1.54) is 6.07 Å². The second-order valence-corrected chi connectivity index (χ2v) is 4.55. The SMILES string of the molecule is CCOC(=O)C(=O)c1c(Cl)cc2c(c1CC)OCCO2. The number of rotatable bonds is 4. The molecule has 1 aliphatic heterocycles. The largest absolute Gasteiger partial charge is 0.486 e. The van der Waals surface area contributed by atoms with E-state index in [2.05, 4.69) is 0 Å². The first kappa shape index (κ1) is 14.7. The van der Waals surface area contributed by atoms with Crippen LogP contribution in [0.15, 0.2) is 6.07 Å². The molecule has 0 aliphatic carbocycles. The normalized spacial score (nSPS) is 12.9. The molecule has 0 bridgehead atoms. The van der Waals surface area contributed by atoms with Crippen molar-refractivity contribution in [2.45, 2.75) is 20.3 Å². The molecule has 0 radical (unpaired) electrons. The van der Waals surface area contributed by atoms with E-state index in [0.29, 0.717) is 36.7 Å². The van der Waals surface area contributed by atoms with Crippen LogP contribution in [0.4, 0.5) is 0 Å². The van der Waals surface area contributed by atoms with Gasteiger partial charge in [-0.25, -0.2) is 4.79 Å². The number of halogens is 1. The molecule has 0 fully saturated rings. The lowest BCUT2D eigenvalue weighted by Gasteiger charge is -2.23. The lowest BCUT2D eigenvalue weighted by atomic mass is 9.99. The van der Waals surface area contributed by atoms with Crippen LogP contribution in [0.1, 0.15) is 29.8 Å². The summed E-state index contributed by atoms with van der Waals surface area (Å²) in [6.45, 7) is 4.45. The summed E-state index contributed by atoms with van der Waals surface area (Å²) in [6, 6.07) is 1.50. The Hall–Kier alpha value is -1.75. The Morgan fingerprint density at radius 1 is 1.30 bits per heavy atom. The van der Waals surface area contributed by atoms with E-state index in [1.54, 1.807) is 6.92 Å². The average Bonchev–Trinajstić information content (AvgIpc) is 2.45. The van der Waals surface area contributed by atoms with Crippen molar-refractivity contribution in [3.63, 3.8) is 0 Å². The van der Waals surface area contributed by atoms with Gasteiger partial charge in [0.25, 0.3) is 5.78 Å². The Morgan fingerprint density at radius 3 is 2.65 bits per heavy atom. The summed E-state index contributed by atoms with van der Waals surface area (Å²) in [7, 11) is 0. The van der Waals surface area contributed by atoms with E-state index < -0.39 is 11.8 Å². The molecular formula is C14H15ClO5. The van der Waals surface area contributed by atoms with Crippen molar-refractivity contribution in [2.75, 3.05) is 19.8 Å². The van der Waals surface area contributed by atoms with Gasteiger partial charge in [0.2, 0.25) is 0 Å². The van der Waals surface area contributed by atoms with Crippen molar-refractivity contribution in [1.29, 1.82) is 0 Å². The molecule has 1 heterocycles. The molecule has 2 rings (SSSR count). The first-order valence-electron chi connectivity index (χ1n) is 6.42. The molecule has 1 aliphatic rings. The number of fused-ring (bicyclic) bond motifs is 1. The Kier molecular flexibility index (Phi) is 4.49. The number of benzene rings is 1. The molecule has 0 atom stereocenters. The van der Waals surface area contributed by atoms with Crippen molar-refractivity contribution in [3.8, 4) is 11.5 Å². The molecule has 1 aromatic carbocycles. The van der Waals surface area contributed by atoms with Gasteiger partial charge in [-0.05, 0) is 13.3 Å². The summed E-state index contributed by atoms with van der Waals surface area (Å²) in [5, 5.41) is 0.171. The maximum absolute atomic E-state index is 12.2. The highest BCUT2D eigenvalue weighted by molar-refractivity contribution is 6.46. The second-order valence-electron chi connectivity index (χ2n) is 4.14. The summed E-state index contributed by atoms with van der Waals surface area (Å²) in [6.07, 6.45) is 0.493. The molecule has 0 aromatic heterocycles. The Morgan fingerprint density at radius 2 is 2.00 bits per heavy atom. The van der Waals surface area contributed by atoms with Crippen LogP contribution in [0.25, 0.3) is 0 Å². The van der Waals surface area contributed by atoms with Gasteiger partial charge in [0.1, 0.15) is 13.2 Å². The fourth-order valence-corrected chi connectivity index (χ4v) is 2.40. The minimum Gasteiger partial charge on any atom is -0.486 e. The number of hydrogen-bond donors (Lipinski definition) is 0. The van der Waals surface area contributed by atoms with Crippen LogP contribution in [0.3, 0.4) is 0 Å². The van der Waals surface area contributed by atoms with Crippen LogP contribution in [0.2, 0.25) is 5.02 Å². The summed E-state index contributed by atoms with van der Waals surface area (Å²) in [4.78, 5) is 23.8. The highest BCUT2D eigenvalue weighted by Crippen LogP contribution is 2.40. The van der Waals surface area contributed by atoms with Gasteiger partial charge in [-0.1, -0.05) is 18.5 Å². The Bertz CT molecular complexity index is 553. The van der Waals surface area contributed by atoms with Crippen molar-refractivity contribution in [1.82, 2.24) is 0 Å². The van der Waals surface area contributed by atoms with E-state index in [0.717, 1.165) is 0 Å². The molecule has 5 nitrogen and oxygen atoms in total. The van der Waals surface area contributed by atoms with Gasteiger partial charge in [-0.15, -0.1) is 0 Å². The van der Waals surface area contributed by atoms with Crippen molar-refractivity contribution < 1.29 is 23.8 Å². The van der Waals surface area contributed by atoms with Gasteiger partial charge in [0.05, 0.1) is 17.2 Å². The first-order valence-corrected chi connectivity index (χ1v) is 6.80. The summed E-state index contributed by atoms with van der Waals surface area (Å²) in [5.74, 6) is -0.694. The van der Waals surface area contributed by atoms with E-state index in [9.17, 15) is 9.59 Å². The van der Waals surface area contributed by atoms with Gasteiger partial charge >= 0.3 is 5.97 Å². The topological polar surface area (TPSA) is 61.8 Å². The van der Waals surface area contributed by atoms with Gasteiger partial charge in [-0.3, -0.25) is 4.79 Å². The predicted octanol–water partition coefficient (Wildman–Crippen LogP) is 2.42. The molecule has 6 heteroatoms. The van der Waals surface area contributed by atoms with Crippen LogP contribution in [0.5, 0.6) is 11.5 Å². The third-order valence-corrected chi connectivity index (χ3v) is 3.22. The van der Waals surface area contributed by atoms with Crippen molar-refractivity contribution in [2.24, 2.45) is 0 Å². The zero-order valence-electron chi connectivity index (χ0n) is 11.3. The lowest BCUT2D eigenvalue weighted by Crippen LogP contribution is -2.22. The van der Waals surface area contributed by atoms with Gasteiger partial charge in [-0.2, -0.15) is 0 Å². The number of carbonyl (C=O) groups excluding carboxylic acids is 2. The molecule has 0 saturated heterocycles. The molecule has 108 valence electrons. The fourth-order valence-electron chi connectivity index (χ4n) is 2.10. The second kappa shape index (κ2) is 6.13. The summed E-state index contributed by atoms with van der Waals surface area (Å²) >= 11 is 6.12. The van der Waals surface area contributed by atoms with Crippen LogP contribution in [0, 0.1) is 0 Å². The average molecular weight is 299 g/mol. The fraction of sp³-hybridized carbons (Fsp3) is 0.429. The maximum Gasteiger partial charge on any atom is 0.379 e. The van der Waals surface area contributed by atoms with Crippen LogP contribution < -0.4 is 9.47 Å². The number of Topliss-reactive ketones (excluding diaryl/α,β-unsaturated/α-hetero) is 1. The molecule has 0 saturated carbocycles. The minimum absolute atomic E-state index is 0.133. The molecule has 20 heavy (non-hydrogen) atoms. The number of carbonyl (C=O) groups is 2. The van der Waals surface area contributed by atoms with Crippen LogP contribution >= 0.6 is 11.6 Å². The number of hydrogen-bond acceptors (Lipinski definition) is 5. The standard InChI is InChI=1S/C14H15ClO5/c1-3-8-11(12(16)14(17)18-4-2)9(15)7-10-13(8)20-6-5-19-10/h7H,3-6H2,1-2H3. The summed E-state index contributed by atoms with van der Waals surface area (Å²) < 4.78 is 15.7. The zero-order chi connectivity index (χ0) is 14.7. The molecule has 0 spiro atoms. The number of ketones is 1. The zero-order valence-corrected chi connectivity index (χ0v) is 12.1. The summed E-state index contributed by atoms with van der Waals surface area (Å²) in [5.41, 5.74) is 0.710. The lowest BCUT2D eigenvalue weighted by molar-refractivity contribution is -0.137. The Balaban J connectivity index is 2.52.